The third-order valence-electron chi connectivity index (χ3n) is 0.932. The topological polar surface area (TPSA) is 0 Å². The second kappa shape index (κ2) is 9.01. The van der Waals surface area contributed by atoms with E-state index in [1.165, 1.54) is 10.6 Å². The zero-order valence-electron chi connectivity index (χ0n) is 5.90. The van der Waals surface area contributed by atoms with Gasteiger partial charge >= 0.3 is 110 Å². The van der Waals surface area contributed by atoms with E-state index in [2.05, 4.69) is 63.7 Å². The molecule has 0 aliphatic rings. The molecule has 0 heterocycles. The van der Waals surface area contributed by atoms with E-state index in [4.69, 9.17) is 0 Å². The fourth-order valence-corrected chi connectivity index (χ4v) is 6.03. The Morgan fingerprint density at radius 2 is 1.27 bits per heavy atom. The van der Waals surface area contributed by atoms with Crippen LogP contribution in [0.25, 0.3) is 0 Å². The first-order valence-corrected chi connectivity index (χ1v) is 9.68. The van der Waals surface area contributed by atoms with E-state index in [0.29, 0.717) is 9.65 Å². The van der Waals surface area contributed by atoms with E-state index in [-0.39, 0.29) is 0 Å². The Balaban J connectivity index is 3.13. The van der Waals surface area contributed by atoms with E-state index in [1.54, 1.807) is 0 Å². The second-order valence-corrected chi connectivity index (χ2v) is 8.18. The van der Waals surface area contributed by atoms with Crippen molar-refractivity contribution in [2.75, 3.05) is 10.7 Å². The molecule has 0 N–H and O–H groups in total. The molecule has 0 aliphatic carbocycles. The van der Waals surface area contributed by atoms with Crippen molar-refractivity contribution in [1.82, 2.24) is 0 Å². The molecule has 0 aliphatic heterocycles. The predicted octanol–water partition coefficient (Wildman–Crippen LogP) is 3.84. The number of rotatable bonds is 6. The van der Waals surface area contributed by atoms with Crippen LogP contribution in [0, 0.1) is 0 Å². The summed E-state index contributed by atoms with van der Waals surface area (Å²) in [7, 11) is 0. The molecular weight excluding hydrogens is 471 g/mol. The Kier molecular flexibility index (Phi) is 11.0. The van der Waals surface area contributed by atoms with Crippen molar-refractivity contribution in [2.45, 2.75) is 20.3 Å². The number of hydrogen-bond acceptors (Lipinski definition) is 0. The third kappa shape index (κ3) is 8.76. The van der Waals surface area contributed by atoms with E-state index in [1.807, 2.05) is 0 Å². The van der Waals surface area contributed by atoms with Crippen molar-refractivity contribution >= 4 is 78.7 Å². The van der Waals surface area contributed by atoms with E-state index < -0.39 is 0 Å². The van der Waals surface area contributed by atoms with Crippen molar-refractivity contribution in [3.63, 3.8) is 0 Å². The van der Waals surface area contributed by atoms with Crippen LogP contribution in [-0.4, -0.2) is 35.3 Å². The summed E-state index contributed by atoms with van der Waals surface area (Å²) >= 11 is 14.8. The van der Waals surface area contributed by atoms with Crippen molar-refractivity contribution in [1.29, 1.82) is 0 Å². The normalized spacial score (nSPS) is 16.4. The Labute approximate surface area is 108 Å². The summed E-state index contributed by atoms with van der Waals surface area (Å²) in [6, 6.07) is 0. The second-order valence-electron chi connectivity index (χ2n) is 2.04. The summed E-state index contributed by atoms with van der Waals surface area (Å²) in [5.41, 5.74) is 0. The first-order chi connectivity index (χ1) is 5.20. The fraction of sp³-hybridized carbons (Fsp3) is 1.00. The molecule has 0 aromatic carbocycles. The maximum absolute atomic E-state index is 3.59. The molecule has 0 aromatic rings. The van der Waals surface area contributed by atoms with Crippen molar-refractivity contribution in [3.8, 4) is 0 Å². The van der Waals surface area contributed by atoms with E-state index in [0.717, 1.165) is 25.6 Å². The molecular formula is C6H10Br4Se. The zero-order chi connectivity index (χ0) is 8.69. The first-order valence-electron chi connectivity index (χ1n) is 3.18. The van der Waals surface area contributed by atoms with Crippen LogP contribution in [-0.2, 0) is 0 Å². The van der Waals surface area contributed by atoms with Gasteiger partial charge in [0.15, 0.2) is 0 Å². The Morgan fingerprint density at radius 1 is 0.909 bits per heavy atom. The van der Waals surface area contributed by atoms with Gasteiger partial charge in [0, 0.05) is 0 Å². The molecule has 5 heteroatoms. The molecule has 0 bridgehead atoms. The molecule has 0 saturated heterocycles. The van der Waals surface area contributed by atoms with Crippen LogP contribution in [0.5, 0.6) is 0 Å². The van der Waals surface area contributed by atoms with Gasteiger partial charge in [-0.2, -0.15) is 0 Å². The molecule has 2 unspecified atom stereocenters. The van der Waals surface area contributed by atoms with Crippen LogP contribution in [0.3, 0.4) is 0 Å². The van der Waals surface area contributed by atoms with Gasteiger partial charge < -0.3 is 0 Å². The molecule has 11 heavy (non-hydrogen) atoms. The van der Waals surface area contributed by atoms with Crippen molar-refractivity contribution in [3.05, 3.63) is 0 Å². The van der Waals surface area contributed by atoms with Gasteiger partial charge in [-0.1, -0.05) is 0 Å². The minimum absolute atomic E-state index is 0.664. The van der Waals surface area contributed by atoms with Crippen LogP contribution in [0.4, 0.5) is 0 Å². The van der Waals surface area contributed by atoms with E-state index >= 15 is 0 Å². The summed E-state index contributed by atoms with van der Waals surface area (Å²) in [5.74, 6) is 0. The number of hydrogen-bond donors (Lipinski definition) is 0. The molecule has 0 amide bonds. The van der Waals surface area contributed by atoms with Crippen LogP contribution in [0.1, 0.15) is 0 Å². The molecule has 0 nitrogen and oxygen atoms in total. The molecule has 0 saturated carbocycles. The monoisotopic (exact) mass is 478 g/mol. The van der Waals surface area contributed by atoms with Crippen molar-refractivity contribution < 1.29 is 0 Å². The van der Waals surface area contributed by atoms with Gasteiger partial charge in [0.2, 0.25) is 0 Å². The molecule has 0 radical (unpaired) electrons. The standard InChI is InChI=1S/C6H10Br4Se/c7-1-5(9)3-11-4-6(10)2-8/h5-6H,1-4H2. The van der Waals surface area contributed by atoms with Gasteiger partial charge in [0.25, 0.3) is 0 Å². The summed E-state index contributed by atoms with van der Waals surface area (Å²) in [6.07, 6.45) is 0. The number of alkyl halides is 4. The quantitative estimate of drug-likeness (QED) is 0.400. The SMILES string of the molecule is BrCC(Br)C[Se]CC(Br)CBr. The van der Waals surface area contributed by atoms with Gasteiger partial charge in [0.1, 0.15) is 0 Å². The Morgan fingerprint density at radius 3 is 1.55 bits per heavy atom. The van der Waals surface area contributed by atoms with Crippen molar-refractivity contribution in [2.24, 2.45) is 0 Å². The van der Waals surface area contributed by atoms with Gasteiger partial charge in [-0.05, 0) is 0 Å². The predicted molar refractivity (Wildman–Crippen MR) is 68.4 cm³/mol. The molecule has 0 fully saturated rings. The minimum atomic E-state index is 0.664. The zero-order valence-corrected chi connectivity index (χ0v) is 14.0. The molecule has 0 spiro atoms. The Bertz CT molecular complexity index is 80.7. The van der Waals surface area contributed by atoms with Gasteiger partial charge in [-0.3, -0.25) is 0 Å². The summed E-state index contributed by atoms with van der Waals surface area (Å²) in [4.78, 5) is 1.33. The molecule has 68 valence electrons. The third-order valence-corrected chi connectivity index (χ3v) is 10.1. The molecule has 2 atom stereocenters. The molecule has 0 aromatic heterocycles. The van der Waals surface area contributed by atoms with Gasteiger partial charge in [0.05, 0.1) is 0 Å². The van der Waals surface area contributed by atoms with Gasteiger partial charge in [-0.25, -0.2) is 0 Å². The van der Waals surface area contributed by atoms with Crippen LogP contribution < -0.4 is 0 Å². The summed E-state index contributed by atoms with van der Waals surface area (Å²) in [5, 5.41) is 4.76. The number of halogens is 4. The fourth-order valence-electron chi connectivity index (χ4n) is 0.413. The van der Waals surface area contributed by atoms with E-state index in [9.17, 15) is 0 Å². The Hall–Kier alpha value is 2.44. The average molecular weight is 481 g/mol. The van der Waals surface area contributed by atoms with Crippen LogP contribution in [0.15, 0.2) is 0 Å². The van der Waals surface area contributed by atoms with Crippen LogP contribution in [0.2, 0.25) is 10.6 Å². The first kappa shape index (κ1) is 13.4. The van der Waals surface area contributed by atoms with Crippen LogP contribution >= 0.6 is 63.7 Å². The molecule has 0 rings (SSSR count). The summed E-state index contributed by atoms with van der Waals surface area (Å²) in [6.45, 7) is 0. The maximum atomic E-state index is 3.59. The summed E-state index contributed by atoms with van der Waals surface area (Å²) < 4.78 is 0. The average Bonchev–Trinajstić information content (AvgIpc) is 2.04. The van der Waals surface area contributed by atoms with Gasteiger partial charge in [-0.15, -0.1) is 0 Å².